The van der Waals surface area contributed by atoms with Gasteiger partial charge in [-0.15, -0.1) is 0 Å². The average molecular weight is 362 g/mol. The van der Waals surface area contributed by atoms with Gasteiger partial charge in [0, 0.05) is 24.8 Å². The Labute approximate surface area is 157 Å². The van der Waals surface area contributed by atoms with Crippen molar-refractivity contribution in [1.82, 2.24) is 14.9 Å². The number of fused-ring (bicyclic) bond motifs is 2. The van der Waals surface area contributed by atoms with Crippen LogP contribution < -0.4 is 15.8 Å². The molecule has 1 aromatic heterocycles. The van der Waals surface area contributed by atoms with E-state index < -0.39 is 0 Å². The number of amides is 1. The van der Waals surface area contributed by atoms with Gasteiger partial charge in [0.25, 0.3) is 5.56 Å². The predicted octanol–water partition coefficient (Wildman–Crippen LogP) is 1.96. The summed E-state index contributed by atoms with van der Waals surface area (Å²) in [6.45, 7) is 3.45. The number of para-hydroxylation sites is 2. The fraction of sp³-hybridized carbons (Fsp3) is 0.286. The molecule has 2 heterocycles. The first-order valence-electron chi connectivity index (χ1n) is 9.19. The molecule has 1 unspecified atom stereocenters. The monoisotopic (exact) mass is 362 g/mol. The van der Waals surface area contributed by atoms with Gasteiger partial charge in [-0.1, -0.05) is 30.3 Å². The van der Waals surface area contributed by atoms with Crippen molar-refractivity contribution in [1.29, 1.82) is 0 Å². The van der Waals surface area contributed by atoms with Crippen LogP contribution in [0.5, 0.6) is 0 Å². The van der Waals surface area contributed by atoms with Gasteiger partial charge < -0.3 is 10.2 Å². The first-order chi connectivity index (χ1) is 13.1. The first kappa shape index (κ1) is 17.3. The molecule has 0 saturated heterocycles. The third kappa shape index (κ3) is 3.43. The molecule has 27 heavy (non-hydrogen) atoms. The number of hydrogen-bond acceptors (Lipinski definition) is 4. The van der Waals surface area contributed by atoms with Crippen LogP contribution in [0, 0.1) is 0 Å². The maximum absolute atomic E-state index is 12.5. The normalized spacial score (nSPS) is 15.7. The molecule has 1 N–H and O–H groups in total. The topological polar surface area (TPSA) is 67.2 Å². The summed E-state index contributed by atoms with van der Waals surface area (Å²) in [6, 6.07) is 16.0. The predicted molar refractivity (Wildman–Crippen MR) is 106 cm³/mol. The summed E-state index contributed by atoms with van der Waals surface area (Å²) in [6.07, 6.45) is 2.46. The Morgan fingerprint density at radius 1 is 1.19 bits per heavy atom. The van der Waals surface area contributed by atoms with Crippen LogP contribution in [-0.4, -0.2) is 34.6 Å². The minimum Gasteiger partial charge on any atom is -0.367 e. The third-order valence-electron chi connectivity index (χ3n) is 5.07. The molecule has 0 aliphatic carbocycles. The van der Waals surface area contributed by atoms with Crippen LogP contribution >= 0.6 is 0 Å². The molecular formula is C21H22N4O2. The number of carbonyl (C=O) groups is 1. The van der Waals surface area contributed by atoms with E-state index in [4.69, 9.17) is 0 Å². The standard InChI is InChI=1S/C21H22N4O2/c1-15-12-16-6-2-5-9-19(16)25(15)11-10-22-20(26)13-24-14-23-18-8-4-3-7-17(18)21(24)27/h2-9,14-15H,10-13H2,1H3,(H,22,26). The number of nitrogens with one attached hydrogen (secondary N) is 1. The number of aromatic nitrogens is 2. The highest BCUT2D eigenvalue weighted by molar-refractivity contribution is 5.78. The summed E-state index contributed by atoms with van der Waals surface area (Å²) in [5, 5.41) is 3.44. The lowest BCUT2D eigenvalue weighted by Gasteiger charge is -2.25. The van der Waals surface area contributed by atoms with Crippen molar-refractivity contribution in [3.05, 3.63) is 70.8 Å². The summed E-state index contributed by atoms with van der Waals surface area (Å²) in [5.41, 5.74) is 3.04. The fourth-order valence-electron chi connectivity index (χ4n) is 3.72. The van der Waals surface area contributed by atoms with Crippen LogP contribution in [0.2, 0.25) is 0 Å². The number of hydrogen-bond donors (Lipinski definition) is 1. The second-order valence-corrected chi connectivity index (χ2v) is 6.92. The SMILES string of the molecule is CC1Cc2ccccc2N1CCNC(=O)Cn1cnc2ccccc2c1=O. The van der Waals surface area contributed by atoms with Crippen molar-refractivity contribution in [3.63, 3.8) is 0 Å². The average Bonchev–Trinajstić information content (AvgIpc) is 3.00. The fourth-order valence-corrected chi connectivity index (χ4v) is 3.72. The number of anilines is 1. The van der Waals surface area contributed by atoms with Gasteiger partial charge in [-0.05, 0) is 37.1 Å². The summed E-state index contributed by atoms with van der Waals surface area (Å²) in [7, 11) is 0. The molecule has 0 fully saturated rings. The van der Waals surface area contributed by atoms with Crippen molar-refractivity contribution in [2.45, 2.75) is 25.9 Å². The highest BCUT2D eigenvalue weighted by atomic mass is 16.2. The minimum absolute atomic E-state index is 0.0250. The molecular weight excluding hydrogens is 340 g/mol. The van der Waals surface area contributed by atoms with Crippen molar-refractivity contribution in [3.8, 4) is 0 Å². The number of benzene rings is 2. The lowest BCUT2D eigenvalue weighted by Crippen LogP contribution is -2.39. The van der Waals surface area contributed by atoms with Gasteiger partial charge in [-0.3, -0.25) is 14.2 Å². The van der Waals surface area contributed by atoms with E-state index in [1.165, 1.54) is 22.1 Å². The lowest BCUT2D eigenvalue weighted by atomic mass is 10.1. The highest BCUT2D eigenvalue weighted by Gasteiger charge is 2.24. The van der Waals surface area contributed by atoms with Gasteiger partial charge in [-0.25, -0.2) is 4.98 Å². The zero-order valence-electron chi connectivity index (χ0n) is 15.3. The number of rotatable bonds is 5. The highest BCUT2D eigenvalue weighted by Crippen LogP contribution is 2.31. The molecule has 138 valence electrons. The Hall–Kier alpha value is -3.15. The van der Waals surface area contributed by atoms with Crippen LogP contribution in [0.25, 0.3) is 10.9 Å². The number of nitrogens with zero attached hydrogens (tertiary/aromatic N) is 3. The molecule has 1 amide bonds. The van der Waals surface area contributed by atoms with E-state index in [-0.39, 0.29) is 18.0 Å². The lowest BCUT2D eigenvalue weighted by molar-refractivity contribution is -0.121. The van der Waals surface area contributed by atoms with Crippen molar-refractivity contribution in [2.24, 2.45) is 0 Å². The van der Waals surface area contributed by atoms with Gasteiger partial charge in [0.15, 0.2) is 0 Å². The molecule has 0 saturated carbocycles. The largest absolute Gasteiger partial charge is 0.367 e. The zero-order chi connectivity index (χ0) is 18.8. The van der Waals surface area contributed by atoms with Crippen LogP contribution in [-0.2, 0) is 17.8 Å². The van der Waals surface area contributed by atoms with E-state index in [0.29, 0.717) is 23.5 Å². The molecule has 6 heteroatoms. The molecule has 1 aliphatic heterocycles. The Bertz CT molecular complexity index is 1040. The van der Waals surface area contributed by atoms with E-state index in [9.17, 15) is 9.59 Å². The van der Waals surface area contributed by atoms with Gasteiger partial charge in [0.2, 0.25) is 5.91 Å². The van der Waals surface area contributed by atoms with Gasteiger partial charge in [-0.2, -0.15) is 0 Å². The van der Waals surface area contributed by atoms with Crippen LogP contribution in [0.1, 0.15) is 12.5 Å². The molecule has 6 nitrogen and oxygen atoms in total. The summed E-state index contributed by atoms with van der Waals surface area (Å²) < 4.78 is 1.35. The van der Waals surface area contributed by atoms with Gasteiger partial charge >= 0.3 is 0 Å². The van der Waals surface area contributed by atoms with Gasteiger partial charge in [0.05, 0.1) is 17.2 Å². The summed E-state index contributed by atoms with van der Waals surface area (Å²) in [5.74, 6) is -0.186. The Morgan fingerprint density at radius 3 is 2.85 bits per heavy atom. The van der Waals surface area contributed by atoms with Crippen LogP contribution in [0.4, 0.5) is 5.69 Å². The maximum Gasteiger partial charge on any atom is 0.261 e. The molecule has 3 aromatic rings. The second-order valence-electron chi connectivity index (χ2n) is 6.92. The van der Waals surface area contributed by atoms with E-state index in [1.807, 2.05) is 12.1 Å². The van der Waals surface area contributed by atoms with E-state index in [0.717, 1.165) is 13.0 Å². The minimum atomic E-state index is -0.196. The first-order valence-corrected chi connectivity index (χ1v) is 9.19. The van der Waals surface area contributed by atoms with E-state index >= 15 is 0 Å². The molecule has 2 aromatic carbocycles. The quantitative estimate of drug-likeness (QED) is 0.754. The zero-order valence-corrected chi connectivity index (χ0v) is 15.3. The molecule has 1 atom stereocenters. The maximum atomic E-state index is 12.5. The smallest absolute Gasteiger partial charge is 0.261 e. The van der Waals surface area contributed by atoms with Gasteiger partial charge in [0.1, 0.15) is 6.54 Å². The molecule has 4 rings (SSSR count). The molecule has 0 radical (unpaired) electrons. The summed E-state index contributed by atoms with van der Waals surface area (Å²) >= 11 is 0. The number of carbonyl (C=O) groups excluding carboxylic acids is 1. The summed E-state index contributed by atoms with van der Waals surface area (Å²) in [4.78, 5) is 31.3. The Morgan fingerprint density at radius 2 is 1.96 bits per heavy atom. The Kier molecular flexibility index (Phi) is 4.62. The van der Waals surface area contributed by atoms with Crippen molar-refractivity contribution < 1.29 is 4.79 Å². The van der Waals surface area contributed by atoms with Crippen LogP contribution in [0.15, 0.2) is 59.7 Å². The molecule has 1 aliphatic rings. The van der Waals surface area contributed by atoms with Crippen LogP contribution in [0.3, 0.4) is 0 Å². The molecule has 0 bridgehead atoms. The van der Waals surface area contributed by atoms with E-state index in [2.05, 4.69) is 40.3 Å². The van der Waals surface area contributed by atoms with Crippen molar-refractivity contribution >= 4 is 22.5 Å². The van der Waals surface area contributed by atoms with E-state index in [1.54, 1.807) is 18.2 Å². The third-order valence-corrected chi connectivity index (χ3v) is 5.07. The second kappa shape index (κ2) is 7.23. The molecule has 0 spiro atoms. The van der Waals surface area contributed by atoms with Crippen molar-refractivity contribution in [2.75, 3.05) is 18.0 Å². The Balaban J connectivity index is 1.37.